The molecule has 0 spiro atoms. The Bertz CT molecular complexity index is 450. The molecule has 0 saturated carbocycles. The molecule has 1 unspecified atom stereocenters. The molecule has 0 fully saturated rings. The van der Waals surface area contributed by atoms with Crippen molar-refractivity contribution >= 4 is 22.9 Å². The van der Waals surface area contributed by atoms with Gasteiger partial charge >= 0.3 is 0 Å². The van der Waals surface area contributed by atoms with E-state index in [0.717, 1.165) is 9.88 Å². The van der Waals surface area contributed by atoms with Gasteiger partial charge in [0.15, 0.2) is 16.0 Å². The minimum absolute atomic E-state index is 0.349. The average molecular weight is 244 g/mol. The third-order valence-electron chi connectivity index (χ3n) is 1.83. The molecule has 2 aromatic rings. The molecule has 1 N–H and O–H groups in total. The molecule has 0 bridgehead atoms. The first-order valence-corrected chi connectivity index (χ1v) is 5.73. The lowest BCUT2D eigenvalue weighted by atomic mass is 10.3. The van der Waals surface area contributed by atoms with E-state index in [2.05, 4.69) is 4.98 Å². The number of nitrogens with zero attached hydrogens (tertiary/aromatic N) is 1. The fraction of sp³-hybridized carbons (Fsp3) is 0.300. The number of aliphatic hydroxyl groups is 1. The highest BCUT2D eigenvalue weighted by molar-refractivity contribution is 7.14. The summed E-state index contributed by atoms with van der Waals surface area (Å²) in [5.74, 6) is 0.668. The van der Waals surface area contributed by atoms with Crippen LogP contribution in [0.4, 0.5) is 0 Å². The third kappa shape index (κ3) is 2.59. The zero-order valence-electron chi connectivity index (χ0n) is 8.11. The van der Waals surface area contributed by atoms with E-state index in [1.165, 1.54) is 11.3 Å². The summed E-state index contributed by atoms with van der Waals surface area (Å²) in [7, 11) is 0. The van der Waals surface area contributed by atoms with E-state index in [1.54, 1.807) is 25.3 Å². The summed E-state index contributed by atoms with van der Waals surface area (Å²) in [6.45, 7) is 1.75. The van der Waals surface area contributed by atoms with E-state index < -0.39 is 0 Å². The molecular formula is C10H10ClNO2S. The maximum absolute atomic E-state index is 9.22. The predicted molar refractivity (Wildman–Crippen MR) is 60.2 cm³/mol. The number of thiazole rings is 1. The average Bonchev–Trinajstić information content (AvgIpc) is 2.72. The minimum Gasteiger partial charge on any atom is -0.442 e. The van der Waals surface area contributed by atoms with E-state index in [0.29, 0.717) is 17.4 Å². The van der Waals surface area contributed by atoms with Crippen LogP contribution in [-0.2, 0) is 6.42 Å². The zero-order chi connectivity index (χ0) is 10.8. The van der Waals surface area contributed by atoms with Crippen molar-refractivity contribution in [1.29, 1.82) is 0 Å². The van der Waals surface area contributed by atoms with Crippen LogP contribution in [0.25, 0.3) is 10.8 Å². The first-order valence-electron chi connectivity index (χ1n) is 4.53. The Labute approximate surface area is 96.3 Å². The van der Waals surface area contributed by atoms with Crippen molar-refractivity contribution in [3.05, 3.63) is 28.4 Å². The monoisotopic (exact) mass is 243 g/mol. The van der Waals surface area contributed by atoms with Crippen LogP contribution in [0.3, 0.4) is 0 Å². The molecule has 0 amide bonds. The van der Waals surface area contributed by atoms with Crippen LogP contribution in [-0.4, -0.2) is 16.2 Å². The highest BCUT2D eigenvalue weighted by atomic mass is 35.5. The van der Waals surface area contributed by atoms with E-state index in [4.69, 9.17) is 16.0 Å². The molecule has 5 heteroatoms. The van der Waals surface area contributed by atoms with Gasteiger partial charge in [-0.1, -0.05) is 0 Å². The van der Waals surface area contributed by atoms with Gasteiger partial charge < -0.3 is 9.52 Å². The summed E-state index contributed by atoms with van der Waals surface area (Å²) in [4.78, 5) is 5.24. The SMILES string of the molecule is CC(O)Cc1cnc(-c2ccc(Cl)o2)s1. The molecule has 15 heavy (non-hydrogen) atoms. The Morgan fingerprint density at radius 2 is 2.40 bits per heavy atom. The van der Waals surface area contributed by atoms with Gasteiger partial charge in [0, 0.05) is 17.5 Å². The fourth-order valence-corrected chi connectivity index (χ4v) is 2.38. The Morgan fingerprint density at radius 1 is 1.60 bits per heavy atom. The van der Waals surface area contributed by atoms with Gasteiger partial charge in [-0.05, 0) is 30.7 Å². The highest BCUT2D eigenvalue weighted by Gasteiger charge is 2.09. The zero-order valence-corrected chi connectivity index (χ0v) is 9.68. The Hall–Kier alpha value is -0.840. The van der Waals surface area contributed by atoms with Crippen molar-refractivity contribution in [3.63, 3.8) is 0 Å². The minimum atomic E-state index is -0.349. The van der Waals surface area contributed by atoms with Gasteiger partial charge in [0.1, 0.15) is 0 Å². The fourth-order valence-electron chi connectivity index (χ4n) is 1.24. The second kappa shape index (κ2) is 4.35. The number of hydrogen-bond donors (Lipinski definition) is 1. The van der Waals surface area contributed by atoms with Crippen molar-refractivity contribution in [2.24, 2.45) is 0 Å². The third-order valence-corrected chi connectivity index (χ3v) is 3.07. The standard InChI is InChI=1S/C10H10ClNO2S/c1-6(13)4-7-5-12-10(15-7)8-2-3-9(11)14-8/h2-3,5-6,13H,4H2,1H3. The number of aliphatic hydroxyl groups excluding tert-OH is 1. The lowest BCUT2D eigenvalue weighted by Gasteiger charge is -1.97. The molecule has 3 nitrogen and oxygen atoms in total. The second-order valence-corrected chi connectivity index (χ2v) is 4.78. The van der Waals surface area contributed by atoms with E-state index >= 15 is 0 Å². The molecule has 80 valence electrons. The Balaban J connectivity index is 2.20. The number of hydrogen-bond acceptors (Lipinski definition) is 4. The summed E-state index contributed by atoms with van der Waals surface area (Å²) in [6.07, 6.45) is 2.02. The van der Waals surface area contributed by atoms with E-state index in [1.807, 2.05) is 0 Å². The van der Waals surface area contributed by atoms with Crippen LogP contribution >= 0.6 is 22.9 Å². The van der Waals surface area contributed by atoms with Gasteiger partial charge in [0.05, 0.1) is 6.10 Å². The lowest BCUT2D eigenvalue weighted by Crippen LogP contribution is -2.01. The van der Waals surface area contributed by atoms with Crippen molar-refractivity contribution in [2.75, 3.05) is 0 Å². The number of rotatable bonds is 3. The van der Waals surface area contributed by atoms with Gasteiger partial charge in [-0.15, -0.1) is 11.3 Å². The van der Waals surface area contributed by atoms with E-state index in [9.17, 15) is 5.11 Å². The summed E-state index contributed by atoms with van der Waals surface area (Å²) in [5, 5.41) is 10.4. The molecule has 0 aromatic carbocycles. The first kappa shape index (κ1) is 10.7. The van der Waals surface area contributed by atoms with Gasteiger partial charge in [0.25, 0.3) is 0 Å². The molecule has 0 aliphatic heterocycles. The maximum Gasteiger partial charge on any atom is 0.194 e. The summed E-state index contributed by atoms with van der Waals surface area (Å²) >= 11 is 7.18. The largest absolute Gasteiger partial charge is 0.442 e. The van der Waals surface area contributed by atoms with Crippen molar-refractivity contribution in [1.82, 2.24) is 4.98 Å². The molecule has 2 aromatic heterocycles. The molecule has 0 radical (unpaired) electrons. The summed E-state index contributed by atoms with van der Waals surface area (Å²) < 4.78 is 5.24. The number of furan rings is 1. The molecule has 0 aliphatic carbocycles. The van der Waals surface area contributed by atoms with Crippen LogP contribution in [0.1, 0.15) is 11.8 Å². The summed E-state index contributed by atoms with van der Waals surface area (Å²) in [5.41, 5.74) is 0. The number of halogens is 1. The van der Waals surface area contributed by atoms with Crippen LogP contribution in [0.5, 0.6) is 0 Å². The first-order chi connectivity index (χ1) is 7.15. The molecule has 0 saturated heterocycles. The molecular weight excluding hydrogens is 234 g/mol. The van der Waals surface area contributed by atoms with Gasteiger partial charge in [-0.3, -0.25) is 0 Å². The predicted octanol–water partition coefficient (Wildman–Crippen LogP) is 2.98. The smallest absolute Gasteiger partial charge is 0.194 e. The van der Waals surface area contributed by atoms with Gasteiger partial charge in [-0.2, -0.15) is 0 Å². The quantitative estimate of drug-likeness (QED) is 0.902. The molecule has 2 rings (SSSR count). The maximum atomic E-state index is 9.22. The summed E-state index contributed by atoms with van der Waals surface area (Å²) in [6, 6.07) is 3.47. The Morgan fingerprint density at radius 3 is 3.00 bits per heavy atom. The number of aromatic nitrogens is 1. The van der Waals surface area contributed by atoms with Crippen molar-refractivity contribution in [3.8, 4) is 10.8 Å². The molecule has 2 heterocycles. The van der Waals surface area contributed by atoms with Crippen molar-refractivity contribution < 1.29 is 9.52 Å². The van der Waals surface area contributed by atoms with Crippen molar-refractivity contribution in [2.45, 2.75) is 19.4 Å². The Kier molecular flexibility index (Phi) is 3.09. The normalized spacial score (nSPS) is 13.0. The molecule has 1 atom stereocenters. The lowest BCUT2D eigenvalue weighted by molar-refractivity contribution is 0.196. The van der Waals surface area contributed by atoms with Crippen LogP contribution in [0, 0.1) is 0 Å². The molecule has 0 aliphatic rings. The topological polar surface area (TPSA) is 46.3 Å². The second-order valence-electron chi connectivity index (χ2n) is 3.29. The van der Waals surface area contributed by atoms with Crippen LogP contribution < -0.4 is 0 Å². The van der Waals surface area contributed by atoms with E-state index in [-0.39, 0.29) is 6.10 Å². The van der Waals surface area contributed by atoms with Gasteiger partial charge in [0.2, 0.25) is 0 Å². The van der Waals surface area contributed by atoms with Crippen LogP contribution in [0.2, 0.25) is 5.22 Å². The van der Waals surface area contributed by atoms with Crippen LogP contribution in [0.15, 0.2) is 22.7 Å². The van der Waals surface area contributed by atoms with Gasteiger partial charge in [-0.25, -0.2) is 4.98 Å². The highest BCUT2D eigenvalue weighted by Crippen LogP contribution is 2.28.